The number of halogens is 3. The first-order valence-corrected chi connectivity index (χ1v) is 3.13. The molecule has 0 radical (unpaired) electrons. The van der Waals surface area contributed by atoms with Gasteiger partial charge in [0.2, 0.25) is 0 Å². The second-order valence-electron chi connectivity index (χ2n) is 1.86. The predicted octanol–water partition coefficient (Wildman–Crippen LogP) is 1.35. The van der Waals surface area contributed by atoms with E-state index in [9.17, 15) is 13.4 Å². The summed E-state index contributed by atoms with van der Waals surface area (Å²) in [6.07, 6.45) is -0.863. The predicted molar refractivity (Wildman–Crippen MR) is 32.1 cm³/mol. The molecule has 0 spiro atoms. The molecule has 10 heavy (non-hydrogen) atoms. The monoisotopic (exact) mass is 156 g/mol. The summed E-state index contributed by atoms with van der Waals surface area (Å²) in [6, 6.07) is 0. The molecule has 0 heterocycles. The van der Waals surface area contributed by atoms with Crippen molar-refractivity contribution in [3.05, 3.63) is 0 Å². The first-order valence-electron chi connectivity index (χ1n) is 3.13. The lowest BCUT2D eigenvalue weighted by molar-refractivity contribution is -0.151. The Morgan fingerprint density at radius 2 is 2.10 bits per heavy atom. The Balaban J connectivity index is 3.03. The van der Waals surface area contributed by atoms with Crippen molar-refractivity contribution in [3.63, 3.8) is 0 Å². The van der Waals surface area contributed by atoms with E-state index in [0.717, 1.165) is 0 Å². The van der Waals surface area contributed by atoms with Gasteiger partial charge in [-0.2, -0.15) is 0 Å². The van der Waals surface area contributed by atoms with Gasteiger partial charge in [-0.1, -0.05) is 6.92 Å². The molecule has 0 aliphatic rings. The highest BCUT2D eigenvalue weighted by Crippen LogP contribution is 1.91. The maximum Gasteiger partial charge on any atom is 0.150 e. The molecule has 1 unspecified atom stereocenters. The number of nitrogens with zero attached hydrogens (tertiary/aromatic N) is 1. The molecule has 0 fully saturated rings. The minimum Gasteiger partial charge on any atom is -0.286 e. The first kappa shape index (κ1) is 9.71. The fourth-order valence-electron chi connectivity index (χ4n) is 0.450. The lowest BCUT2D eigenvalue weighted by atomic mass is 10.4. The smallest absolute Gasteiger partial charge is 0.150 e. The van der Waals surface area contributed by atoms with Crippen LogP contribution in [0.2, 0.25) is 0 Å². The Hall–Kier alpha value is -0.290. The Labute approximate surface area is 57.9 Å². The summed E-state index contributed by atoms with van der Waals surface area (Å²) in [5.41, 5.74) is 0. The molecule has 0 bridgehead atoms. The molecule has 0 saturated carbocycles. The van der Waals surface area contributed by atoms with Gasteiger partial charge in [0.1, 0.15) is 0 Å². The molecule has 0 aliphatic carbocycles. The van der Waals surface area contributed by atoms with Crippen LogP contribution in [0, 0.1) is 0 Å². The average molecular weight is 156 g/mol. The Bertz CT molecular complexity index is 79.3. The molecule has 1 atom stereocenters. The van der Waals surface area contributed by atoms with Gasteiger partial charge < -0.3 is 0 Å². The van der Waals surface area contributed by atoms with Crippen LogP contribution >= 0.6 is 0 Å². The quantitative estimate of drug-likeness (QED) is 0.477. The molecule has 0 rings (SSSR count). The number of rotatable bonds is 5. The van der Waals surface area contributed by atoms with Gasteiger partial charge >= 0.3 is 0 Å². The van der Waals surface area contributed by atoms with Gasteiger partial charge in [-0.3, -0.25) is 5.32 Å². The zero-order valence-corrected chi connectivity index (χ0v) is 5.78. The van der Waals surface area contributed by atoms with Crippen LogP contribution < -0.4 is 5.32 Å². The van der Waals surface area contributed by atoms with Crippen LogP contribution in [-0.4, -0.2) is 24.7 Å². The number of nitrogens with one attached hydrogen (secondary N) is 1. The molecule has 0 saturated heterocycles. The highest BCUT2D eigenvalue weighted by atomic mass is 19.4. The van der Waals surface area contributed by atoms with Crippen molar-refractivity contribution in [2.24, 2.45) is 0 Å². The lowest BCUT2D eigenvalue weighted by Gasteiger charge is -2.06. The van der Waals surface area contributed by atoms with Gasteiger partial charge in [0, 0.05) is 11.9 Å². The third kappa shape index (κ3) is 5.84. The van der Waals surface area contributed by atoms with Crippen LogP contribution in [-0.2, 0) is 0 Å². The zero-order chi connectivity index (χ0) is 7.98. The minimum absolute atomic E-state index is 0.0258. The van der Waals surface area contributed by atoms with Crippen molar-refractivity contribution < 1.29 is 13.4 Å². The topological polar surface area (TPSA) is 15.3 Å². The SMILES string of the molecule is CCC(F)NCCN(F)F. The third-order valence-corrected chi connectivity index (χ3v) is 1.01. The van der Waals surface area contributed by atoms with E-state index in [1.807, 2.05) is 0 Å². The van der Waals surface area contributed by atoms with Gasteiger partial charge in [0.05, 0.1) is 6.54 Å². The summed E-state index contributed by atoms with van der Waals surface area (Å²) in [5.74, 6) is 0. The Morgan fingerprint density at radius 1 is 1.50 bits per heavy atom. The van der Waals surface area contributed by atoms with Crippen LogP contribution in [0.25, 0.3) is 0 Å². The molecule has 0 amide bonds. The van der Waals surface area contributed by atoms with Crippen LogP contribution in [0.4, 0.5) is 13.4 Å². The van der Waals surface area contributed by atoms with Crippen molar-refractivity contribution in [1.29, 1.82) is 0 Å². The van der Waals surface area contributed by atoms with Crippen molar-refractivity contribution in [2.75, 3.05) is 13.1 Å². The van der Waals surface area contributed by atoms with Crippen LogP contribution in [0.1, 0.15) is 13.3 Å². The molecule has 0 aromatic heterocycles. The number of hydrogen-bond donors (Lipinski definition) is 1. The second kappa shape index (κ2) is 5.49. The van der Waals surface area contributed by atoms with Crippen molar-refractivity contribution in [2.45, 2.75) is 19.6 Å². The minimum atomic E-state index is -1.17. The second-order valence-corrected chi connectivity index (χ2v) is 1.86. The molecule has 62 valence electrons. The van der Waals surface area contributed by atoms with E-state index in [-0.39, 0.29) is 6.54 Å². The Morgan fingerprint density at radius 3 is 2.50 bits per heavy atom. The van der Waals surface area contributed by atoms with Gasteiger partial charge in [0.15, 0.2) is 6.30 Å². The van der Waals surface area contributed by atoms with Gasteiger partial charge in [-0.05, 0) is 6.42 Å². The molecule has 5 heteroatoms. The summed E-state index contributed by atoms with van der Waals surface area (Å²) < 4.78 is 34.7. The summed E-state index contributed by atoms with van der Waals surface area (Å²) in [6.45, 7) is 1.17. The fourth-order valence-corrected chi connectivity index (χ4v) is 0.450. The average Bonchev–Trinajstić information content (AvgIpc) is 1.87. The van der Waals surface area contributed by atoms with Crippen molar-refractivity contribution in [1.82, 2.24) is 10.7 Å². The number of alkyl halides is 1. The first-order chi connectivity index (χ1) is 4.66. The van der Waals surface area contributed by atoms with E-state index in [4.69, 9.17) is 0 Å². The van der Waals surface area contributed by atoms with E-state index >= 15 is 0 Å². The van der Waals surface area contributed by atoms with Crippen molar-refractivity contribution >= 4 is 0 Å². The maximum absolute atomic E-state index is 12.2. The van der Waals surface area contributed by atoms with E-state index in [2.05, 4.69) is 5.32 Å². The maximum atomic E-state index is 12.2. The van der Waals surface area contributed by atoms with Crippen LogP contribution in [0.3, 0.4) is 0 Å². The summed E-state index contributed by atoms with van der Waals surface area (Å²) in [4.78, 5) is 0. The molecule has 2 nitrogen and oxygen atoms in total. The van der Waals surface area contributed by atoms with Crippen molar-refractivity contribution in [3.8, 4) is 0 Å². The third-order valence-electron chi connectivity index (χ3n) is 1.01. The van der Waals surface area contributed by atoms with Crippen LogP contribution in [0.5, 0.6) is 0 Å². The fraction of sp³-hybridized carbons (Fsp3) is 1.00. The molecule has 1 N–H and O–H groups in total. The largest absolute Gasteiger partial charge is 0.286 e. The molecular weight excluding hydrogens is 145 g/mol. The summed E-state index contributed by atoms with van der Waals surface area (Å²) in [5, 5.41) is 1.30. The summed E-state index contributed by atoms with van der Waals surface area (Å²) in [7, 11) is 0. The molecule has 0 aromatic carbocycles. The summed E-state index contributed by atoms with van der Waals surface area (Å²) >= 11 is 0. The van der Waals surface area contributed by atoms with E-state index in [0.29, 0.717) is 6.42 Å². The van der Waals surface area contributed by atoms with E-state index < -0.39 is 18.2 Å². The van der Waals surface area contributed by atoms with E-state index in [1.165, 1.54) is 0 Å². The Kier molecular flexibility index (Phi) is 5.33. The normalized spacial score (nSPS) is 14.1. The molecule has 0 aromatic rings. The zero-order valence-electron chi connectivity index (χ0n) is 5.78. The highest BCUT2D eigenvalue weighted by molar-refractivity contribution is 4.50. The molecular formula is C5H11F3N2. The standard InChI is InChI=1S/C5H11F3N2/c1-2-5(6)9-3-4-10(7)8/h5,9H,2-4H2,1H3. The van der Waals surface area contributed by atoms with E-state index in [1.54, 1.807) is 6.92 Å². The van der Waals surface area contributed by atoms with Crippen LogP contribution in [0.15, 0.2) is 0 Å². The van der Waals surface area contributed by atoms with Gasteiger partial charge in [-0.15, -0.1) is 8.96 Å². The highest BCUT2D eigenvalue weighted by Gasteiger charge is 2.02. The molecule has 0 aliphatic heterocycles. The van der Waals surface area contributed by atoms with Gasteiger partial charge in [0.25, 0.3) is 0 Å². The van der Waals surface area contributed by atoms with Gasteiger partial charge in [-0.25, -0.2) is 4.39 Å². The number of hydrogen-bond acceptors (Lipinski definition) is 2. The lowest BCUT2D eigenvalue weighted by Crippen LogP contribution is -2.29.